The number of benzene rings is 4. The van der Waals surface area contributed by atoms with E-state index in [-0.39, 0.29) is 25.2 Å². The van der Waals surface area contributed by atoms with E-state index in [9.17, 15) is 14.4 Å². The van der Waals surface area contributed by atoms with Crippen LogP contribution < -0.4 is 14.8 Å². The summed E-state index contributed by atoms with van der Waals surface area (Å²) in [5, 5.41) is 5.25. The summed E-state index contributed by atoms with van der Waals surface area (Å²) >= 11 is 0. The Morgan fingerprint density at radius 1 is 0.816 bits per heavy atom. The Morgan fingerprint density at radius 2 is 1.47 bits per heavy atom. The van der Waals surface area contributed by atoms with Gasteiger partial charge < -0.3 is 19.5 Å². The third-order valence-corrected chi connectivity index (χ3v) is 5.82. The van der Waals surface area contributed by atoms with Crippen molar-refractivity contribution >= 4 is 28.6 Å². The van der Waals surface area contributed by atoms with Crippen molar-refractivity contribution in [2.75, 3.05) is 13.2 Å². The average Bonchev–Trinajstić information content (AvgIpc) is 2.95. The minimum Gasteiger partial charge on any atom is -0.490 e. The molecule has 0 fully saturated rings. The summed E-state index contributed by atoms with van der Waals surface area (Å²) in [4.78, 5) is 36.4. The molecule has 0 bridgehead atoms. The molecule has 4 rings (SSSR count). The lowest BCUT2D eigenvalue weighted by molar-refractivity contribution is -0.138. The maximum atomic E-state index is 12.8. The lowest BCUT2D eigenvalue weighted by Gasteiger charge is -2.17. The molecule has 0 aromatic heterocycles. The second-order valence-corrected chi connectivity index (χ2v) is 8.42. The molecule has 38 heavy (non-hydrogen) atoms. The van der Waals surface area contributed by atoms with Gasteiger partial charge >= 0.3 is 11.9 Å². The normalized spacial score (nSPS) is 11.3. The maximum absolute atomic E-state index is 12.8. The van der Waals surface area contributed by atoms with Gasteiger partial charge in [0.1, 0.15) is 24.7 Å². The van der Waals surface area contributed by atoms with Crippen LogP contribution in [-0.2, 0) is 9.53 Å². The van der Waals surface area contributed by atoms with Crippen LogP contribution in [0.2, 0.25) is 0 Å². The van der Waals surface area contributed by atoms with Gasteiger partial charge in [0.05, 0.1) is 11.6 Å². The molecule has 1 atom stereocenters. The zero-order valence-corrected chi connectivity index (χ0v) is 20.9. The van der Waals surface area contributed by atoms with E-state index in [2.05, 4.69) is 11.9 Å². The predicted octanol–water partition coefficient (Wildman–Crippen LogP) is 5.66. The van der Waals surface area contributed by atoms with E-state index in [1.165, 1.54) is 0 Å². The first kappa shape index (κ1) is 26.2. The van der Waals surface area contributed by atoms with Crippen molar-refractivity contribution in [3.8, 4) is 11.5 Å². The van der Waals surface area contributed by atoms with E-state index in [0.717, 1.165) is 22.4 Å². The molecule has 1 N–H and O–H groups in total. The smallest absolute Gasteiger partial charge is 0.343 e. The maximum Gasteiger partial charge on any atom is 0.343 e. The Bertz CT molecular complexity index is 1440. The third-order valence-electron chi connectivity index (χ3n) is 5.82. The first-order valence-corrected chi connectivity index (χ1v) is 12.1. The molecule has 0 saturated carbocycles. The summed E-state index contributed by atoms with van der Waals surface area (Å²) in [6.07, 6.45) is 1.08. The van der Waals surface area contributed by atoms with Gasteiger partial charge in [0.25, 0.3) is 5.91 Å². The molecule has 0 aliphatic carbocycles. The zero-order valence-electron chi connectivity index (χ0n) is 20.9. The van der Waals surface area contributed by atoms with Crippen molar-refractivity contribution in [1.82, 2.24) is 5.32 Å². The molecule has 0 aliphatic heterocycles. The fourth-order valence-corrected chi connectivity index (χ4v) is 3.87. The van der Waals surface area contributed by atoms with Crippen molar-refractivity contribution < 1.29 is 28.6 Å². The quantitative estimate of drug-likeness (QED) is 0.128. The van der Waals surface area contributed by atoms with Crippen molar-refractivity contribution in [1.29, 1.82) is 0 Å². The van der Waals surface area contributed by atoms with E-state index in [0.29, 0.717) is 22.6 Å². The van der Waals surface area contributed by atoms with Crippen LogP contribution in [0.3, 0.4) is 0 Å². The molecule has 0 radical (unpaired) electrons. The van der Waals surface area contributed by atoms with Crippen molar-refractivity contribution in [3.05, 3.63) is 120 Å². The standard InChI is InChI=1S/C31H27NO6/c1-3-29(33)37-20-19-36-25-15-13-24(14-16-25)31(35)38-26-17-11-23(12-18-26)30(34)32-21(2)27-10-6-8-22-7-4-5-9-28(22)27/h3-18,21H,1,19-20H2,2H3,(H,32,34)/t21-/m0/s1. The van der Waals surface area contributed by atoms with E-state index >= 15 is 0 Å². The number of ether oxygens (including phenoxy) is 3. The minimum atomic E-state index is -0.543. The molecule has 4 aromatic carbocycles. The van der Waals surface area contributed by atoms with Crippen LogP contribution in [0, 0.1) is 0 Å². The fourth-order valence-electron chi connectivity index (χ4n) is 3.87. The van der Waals surface area contributed by atoms with Gasteiger partial charge in [-0.2, -0.15) is 0 Å². The molecule has 1 amide bonds. The summed E-state index contributed by atoms with van der Waals surface area (Å²) in [5.74, 6) is -0.450. The van der Waals surface area contributed by atoms with E-state index in [4.69, 9.17) is 14.2 Å². The molecular formula is C31H27NO6. The van der Waals surface area contributed by atoms with Crippen LogP contribution in [0.1, 0.15) is 39.2 Å². The van der Waals surface area contributed by atoms with Crippen molar-refractivity contribution in [2.45, 2.75) is 13.0 Å². The Balaban J connectivity index is 1.30. The Labute approximate surface area is 220 Å². The first-order chi connectivity index (χ1) is 18.4. The second-order valence-electron chi connectivity index (χ2n) is 8.42. The summed E-state index contributed by atoms with van der Waals surface area (Å²) in [6, 6.07) is 26.7. The number of carbonyl (C=O) groups excluding carboxylic acids is 3. The van der Waals surface area contributed by atoms with Gasteiger partial charge in [-0.25, -0.2) is 9.59 Å². The Hall–Kier alpha value is -4.91. The lowest BCUT2D eigenvalue weighted by atomic mass is 9.99. The van der Waals surface area contributed by atoms with Crippen molar-refractivity contribution in [2.24, 2.45) is 0 Å². The lowest BCUT2D eigenvalue weighted by Crippen LogP contribution is -2.26. The highest BCUT2D eigenvalue weighted by atomic mass is 16.6. The van der Waals surface area contributed by atoms with Crippen LogP contribution >= 0.6 is 0 Å². The van der Waals surface area contributed by atoms with E-state index < -0.39 is 11.9 Å². The summed E-state index contributed by atoms with van der Waals surface area (Å²) < 4.78 is 15.7. The van der Waals surface area contributed by atoms with E-state index in [1.807, 2.05) is 49.4 Å². The second kappa shape index (κ2) is 12.4. The topological polar surface area (TPSA) is 90.9 Å². The van der Waals surface area contributed by atoms with Crippen LogP contribution in [0.5, 0.6) is 11.5 Å². The number of amides is 1. The fraction of sp³-hybridized carbons (Fsp3) is 0.129. The van der Waals surface area contributed by atoms with Crippen molar-refractivity contribution in [3.63, 3.8) is 0 Å². The van der Waals surface area contributed by atoms with Gasteiger partial charge in [-0.15, -0.1) is 0 Å². The van der Waals surface area contributed by atoms with Gasteiger partial charge in [-0.3, -0.25) is 4.79 Å². The van der Waals surface area contributed by atoms with Gasteiger partial charge in [-0.1, -0.05) is 49.0 Å². The highest BCUT2D eigenvalue weighted by molar-refractivity contribution is 5.95. The van der Waals surface area contributed by atoms with Gasteiger partial charge in [0.2, 0.25) is 0 Å². The molecule has 7 heteroatoms. The monoisotopic (exact) mass is 509 g/mol. The van der Waals surface area contributed by atoms with E-state index in [1.54, 1.807) is 48.5 Å². The van der Waals surface area contributed by atoms with Gasteiger partial charge in [0, 0.05) is 11.6 Å². The number of esters is 2. The Morgan fingerprint density at radius 3 is 2.21 bits per heavy atom. The van der Waals surface area contributed by atoms with Crippen LogP contribution in [0.4, 0.5) is 0 Å². The third kappa shape index (κ3) is 6.64. The summed E-state index contributed by atoms with van der Waals surface area (Å²) in [6.45, 7) is 5.52. The minimum absolute atomic E-state index is 0.0880. The number of carbonyl (C=O) groups is 3. The molecular weight excluding hydrogens is 482 g/mol. The largest absolute Gasteiger partial charge is 0.490 e. The molecule has 0 unspecified atom stereocenters. The average molecular weight is 510 g/mol. The van der Waals surface area contributed by atoms with Crippen LogP contribution in [0.15, 0.2) is 104 Å². The molecule has 0 spiro atoms. The molecule has 0 saturated heterocycles. The zero-order chi connectivity index (χ0) is 26.9. The number of rotatable bonds is 10. The Kier molecular flexibility index (Phi) is 8.51. The van der Waals surface area contributed by atoms with Gasteiger partial charge in [-0.05, 0) is 71.8 Å². The van der Waals surface area contributed by atoms with Gasteiger partial charge in [0.15, 0.2) is 0 Å². The van der Waals surface area contributed by atoms with Crippen LogP contribution in [-0.4, -0.2) is 31.1 Å². The number of nitrogens with one attached hydrogen (secondary N) is 1. The summed E-state index contributed by atoms with van der Waals surface area (Å²) in [5.41, 5.74) is 1.83. The molecule has 4 aromatic rings. The molecule has 7 nitrogen and oxygen atoms in total. The SMILES string of the molecule is C=CC(=O)OCCOc1ccc(C(=O)Oc2ccc(C(=O)N[C@@H](C)c3cccc4ccccc34)cc2)cc1. The van der Waals surface area contributed by atoms with Crippen LogP contribution in [0.25, 0.3) is 10.8 Å². The number of hydrogen-bond acceptors (Lipinski definition) is 6. The number of fused-ring (bicyclic) bond motifs is 1. The molecule has 0 aliphatic rings. The number of hydrogen-bond donors (Lipinski definition) is 1. The predicted molar refractivity (Wildman–Crippen MR) is 144 cm³/mol. The highest BCUT2D eigenvalue weighted by Gasteiger charge is 2.15. The first-order valence-electron chi connectivity index (χ1n) is 12.1. The highest BCUT2D eigenvalue weighted by Crippen LogP contribution is 2.24. The summed E-state index contributed by atoms with van der Waals surface area (Å²) in [7, 11) is 0. The molecule has 0 heterocycles. The molecule has 192 valence electrons.